The van der Waals surface area contributed by atoms with E-state index in [1.165, 1.54) is 0 Å². The first-order valence-electron chi connectivity index (χ1n) is 2.58. The first-order valence-corrected chi connectivity index (χ1v) is 2.58. The molecule has 0 amide bonds. The number of hydrogen-bond acceptors (Lipinski definition) is 1. The van der Waals surface area contributed by atoms with E-state index in [0.717, 1.165) is 6.42 Å². The van der Waals surface area contributed by atoms with Crippen LogP contribution in [0, 0.1) is 0 Å². The Bertz CT molecular complexity index is 103. The summed E-state index contributed by atoms with van der Waals surface area (Å²) in [6, 6.07) is 0.519. The first-order chi connectivity index (χ1) is 3.39. The van der Waals surface area contributed by atoms with E-state index < -0.39 is 0 Å². The summed E-state index contributed by atoms with van der Waals surface area (Å²) in [5, 5.41) is 0. The van der Waals surface area contributed by atoms with Gasteiger partial charge in [-0.05, 0) is 19.4 Å². The predicted octanol–water partition coefficient (Wildman–Crippen LogP) is 1.41. The minimum Gasteiger partial charge on any atom is -0.290 e. The van der Waals surface area contributed by atoms with Crippen LogP contribution in [0.3, 0.4) is 0 Å². The highest BCUT2D eigenvalue weighted by molar-refractivity contribution is 5.72. The van der Waals surface area contributed by atoms with Crippen LogP contribution in [0.2, 0.25) is 0 Å². The zero-order valence-electron chi connectivity index (χ0n) is 4.46. The Hall–Kier alpha value is -0.590. The molecule has 0 aromatic heterocycles. The Morgan fingerprint density at radius 3 is 2.86 bits per heavy atom. The Labute approximate surface area is 43.8 Å². The van der Waals surface area contributed by atoms with Gasteiger partial charge < -0.3 is 0 Å². The summed E-state index contributed by atoms with van der Waals surface area (Å²) in [6.07, 6.45) is 7.09. The van der Waals surface area contributed by atoms with Gasteiger partial charge in [-0.3, -0.25) is 4.99 Å². The molecule has 0 radical (unpaired) electrons. The number of rotatable bonds is 0. The van der Waals surface area contributed by atoms with E-state index in [4.69, 9.17) is 0 Å². The fraction of sp³-hybridized carbons (Fsp3) is 0.500. The molecule has 1 aliphatic heterocycles. The molecule has 1 nitrogen and oxygen atoms in total. The lowest BCUT2D eigenvalue weighted by Gasteiger charge is -2.02. The number of allylic oxidation sites excluding steroid dienone is 1. The number of hydrogen-bond donors (Lipinski definition) is 0. The third kappa shape index (κ3) is 1.15. The van der Waals surface area contributed by atoms with Gasteiger partial charge in [-0.2, -0.15) is 0 Å². The molecule has 1 heterocycles. The molecular formula is C6H9N. The molecular weight excluding hydrogens is 86.1 g/mol. The monoisotopic (exact) mass is 95.1 g/mol. The second-order valence-corrected chi connectivity index (χ2v) is 1.81. The summed E-state index contributed by atoms with van der Waals surface area (Å²) in [7, 11) is 0. The normalized spacial score (nSPS) is 28.4. The Kier molecular flexibility index (Phi) is 1.25. The van der Waals surface area contributed by atoms with E-state index in [9.17, 15) is 0 Å². The minimum atomic E-state index is 0.519. The molecule has 0 spiro atoms. The third-order valence-corrected chi connectivity index (χ3v) is 1.04. The van der Waals surface area contributed by atoms with Gasteiger partial charge in [-0.1, -0.05) is 6.08 Å². The van der Waals surface area contributed by atoms with Crippen molar-refractivity contribution in [1.29, 1.82) is 0 Å². The quantitative estimate of drug-likeness (QED) is 0.431. The van der Waals surface area contributed by atoms with Crippen LogP contribution in [-0.2, 0) is 0 Å². The van der Waals surface area contributed by atoms with E-state index in [-0.39, 0.29) is 0 Å². The fourth-order valence-electron chi connectivity index (χ4n) is 0.594. The summed E-state index contributed by atoms with van der Waals surface area (Å²) in [4.78, 5) is 4.12. The third-order valence-electron chi connectivity index (χ3n) is 1.04. The van der Waals surface area contributed by atoms with Crippen LogP contribution in [0.15, 0.2) is 17.1 Å². The van der Waals surface area contributed by atoms with Crippen LogP contribution >= 0.6 is 0 Å². The van der Waals surface area contributed by atoms with E-state index >= 15 is 0 Å². The van der Waals surface area contributed by atoms with Crippen LogP contribution < -0.4 is 0 Å². The second-order valence-electron chi connectivity index (χ2n) is 1.81. The molecule has 1 aliphatic rings. The topological polar surface area (TPSA) is 12.4 Å². The maximum Gasteiger partial charge on any atom is 0.0505 e. The second kappa shape index (κ2) is 1.92. The molecule has 38 valence electrons. The van der Waals surface area contributed by atoms with Crippen molar-refractivity contribution in [2.45, 2.75) is 19.4 Å². The van der Waals surface area contributed by atoms with Crippen LogP contribution in [0.25, 0.3) is 0 Å². The van der Waals surface area contributed by atoms with Crippen molar-refractivity contribution in [1.82, 2.24) is 0 Å². The van der Waals surface area contributed by atoms with Gasteiger partial charge in [0.25, 0.3) is 0 Å². The van der Waals surface area contributed by atoms with Gasteiger partial charge >= 0.3 is 0 Å². The standard InChI is InChI=1S/C6H9N/c1-6-4-2-3-5-7-6/h2-3,5-6H,4H2,1H3/t6-/m0/s1. The Balaban J connectivity index is 2.49. The SMILES string of the molecule is C[C@H]1CC=CC=N1. The largest absolute Gasteiger partial charge is 0.290 e. The van der Waals surface area contributed by atoms with Gasteiger partial charge in [0, 0.05) is 6.21 Å². The summed E-state index contributed by atoms with van der Waals surface area (Å²) in [6.45, 7) is 2.11. The lowest BCUT2D eigenvalue weighted by Crippen LogP contribution is -1.97. The van der Waals surface area contributed by atoms with E-state index in [1.54, 1.807) is 0 Å². The van der Waals surface area contributed by atoms with Gasteiger partial charge in [0.15, 0.2) is 0 Å². The van der Waals surface area contributed by atoms with Crippen molar-refractivity contribution >= 4 is 6.21 Å². The van der Waals surface area contributed by atoms with Crippen LogP contribution in [0.5, 0.6) is 0 Å². The van der Waals surface area contributed by atoms with Gasteiger partial charge in [-0.15, -0.1) is 0 Å². The molecule has 1 rings (SSSR count). The average Bonchev–Trinajstić information content (AvgIpc) is 1.69. The van der Waals surface area contributed by atoms with Crippen molar-refractivity contribution in [3.05, 3.63) is 12.2 Å². The van der Waals surface area contributed by atoms with Crippen molar-refractivity contribution in [2.24, 2.45) is 4.99 Å². The van der Waals surface area contributed by atoms with Gasteiger partial charge in [0.2, 0.25) is 0 Å². The fourth-order valence-corrected chi connectivity index (χ4v) is 0.594. The molecule has 0 N–H and O–H groups in total. The van der Waals surface area contributed by atoms with Crippen LogP contribution in [0.1, 0.15) is 13.3 Å². The van der Waals surface area contributed by atoms with E-state index in [2.05, 4.69) is 18.0 Å². The van der Waals surface area contributed by atoms with Crippen LogP contribution in [-0.4, -0.2) is 12.3 Å². The summed E-state index contributed by atoms with van der Waals surface area (Å²) < 4.78 is 0. The maximum absolute atomic E-state index is 4.12. The summed E-state index contributed by atoms with van der Waals surface area (Å²) >= 11 is 0. The van der Waals surface area contributed by atoms with Crippen molar-refractivity contribution in [3.8, 4) is 0 Å². The molecule has 0 aromatic carbocycles. The molecule has 1 heteroatoms. The number of dihydropyridines is 1. The smallest absolute Gasteiger partial charge is 0.0505 e. The minimum absolute atomic E-state index is 0.519. The summed E-state index contributed by atoms with van der Waals surface area (Å²) in [5.74, 6) is 0. The van der Waals surface area contributed by atoms with E-state index in [1.807, 2.05) is 12.3 Å². The average molecular weight is 95.1 g/mol. The predicted molar refractivity (Wildman–Crippen MR) is 31.7 cm³/mol. The molecule has 0 saturated heterocycles. The van der Waals surface area contributed by atoms with Crippen LogP contribution in [0.4, 0.5) is 0 Å². The molecule has 0 bridgehead atoms. The molecule has 0 unspecified atom stereocenters. The molecule has 7 heavy (non-hydrogen) atoms. The molecule has 0 fully saturated rings. The zero-order valence-corrected chi connectivity index (χ0v) is 4.46. The highest BCUT2D eigenvalue weighted by atomic mass is 14.7. The molecule has 0 aliphatic carbocycles. The van der Waals surface area contributed by atoms with Gasteiger partial charge in [-0.25, -0.2) is 0 Å². The first kappa shape index (κ1) is 4.57. The lowest BCUT2D eigenvalue weighted by atomic mass is 10.2. The van der Waals surface area contributed by atoms with Gasteiger partial charge in [0.1, 0.15) is 0 Å². The number of aliphatic imine (C=N–C) groups is 1. The van der Waals surface area contributed by atoms with Crippen molar-refractivity contribution < 1.29 is 0 Å². The zero-order chi connectivity index (χ0) is 5.11. The van der Waals surface area contributed by atoms with Gasteiger partial charge in [0.05, 0.1) is 6.04 Å². The highest BCUT2D eigenvalue weighted by Crippen LogP contribution is 1.99. The lowest BCUT2D eigenvalue weighted by molar-refractivity contribution is 0.757. The molecule has 1 atom stereocenters. The van der Waals surface area contributed by atoms with E-state index in [0.29, 0.717) is 6.04 Å². The number of nitrogens with zero attached hydrogens (tertiary/aromatic N) is 1. The molecule has 0 aromatic rings. The van der Waals surface area contributed by atoms with Crippen molar-refractivity contribution in [3.63, 3.8) is 0 Å². The highest BCUT2D eigenvalue weighted by Gasteiger charge is 1.94. The maximum atomic E-state index is 4.12. The Morgan fingerprint density at radius 1 is 1.71 bits per heavy atom. The van der Waals surface area contributed by atoms with Crippen molar-refractivity contribution in [2.75, 3.05) is 0 Å². The Morgan fingerprint density at radius 2 is 2.57 bits per heavy atom. The summed E-state index contributed by atoms with van der Waals surface area (Å²) in [5.41, 5.74) is 0. The molecule has 0 saturated carbocycles.